The molecule has 2 rings (SSSR count). The van der Waals surface area contributed by atoms with Gasteiger partial charge in [0.1, 0.15) is 0 Å². The van der Waals surface area contributed by atoms with E-state index in [4.69, 9.17) is 10.5 Å². The Labute approximate surface area is 118 Å². The third-order valence-electron chi connectivity index (χ3n) is 3.73. The molecule has 0 spiro atoms. The first-order valence-corrected chi connectivity index (χ1v) is 6.85. The number of methoxy groups -OCH3 is 1. The lowest BCUT2D eigenvalue weighted by Gasteiger charge is -2.25. The molecule has 0 bridgehead atoms. The van der Waals surface area contributed by atoms with Gasteiger partial charge in [0, 0.05) is 12.0 Å². The summed E-state index contributed by atoms with van der Waals surface area (Å²) in [4.78, 5) is 23.9. The quantitative estimate of drug-likeness (QED) is 0.826. The molecule has 108 valence electrons. The lowest BCUT2D eigenvalue weighted by Crippen LogP contribution is -2.32. The minimum Gasteiger partial charge on any atom is -0.465 e. The van der Waals surface area contributed by atoms with Crippen LogP contribution >= 0.6 is 0 Å². The first kappa shape index (κ1) is 14.5. The highest BCUT2D eigenvalue weighted by Gasteiger charge is 2.25. The summed E-state index contributed by atoms with van der Waals surface area (Å²) in [5, 5.41) is 2.83. The van der Waals surface area contributed by atoms with Crippen LogP contribution in [0.15, 0.2) is 24.3 Å². The Morgan fingerprint density at radius 1 is 1.20 bits per heavy atom. The van der Waals surface area contributed by atoms with Gasteiger partial charge in [0.2, 0.25) is 5.91 Å². The maximum atomic E-state index is 12.2. The molecular formula is C15H20N2O3. The molecule has 5 heteroatoms. The number of ether oxygens (including phenoxy) is 1. The van der Waals surface area contributed by atoms with E-state index in [1.807, 2.05) is 0 Å². The second-order valence-electron chi connectivity index (χ2n) is 5.14. The molecule has 1 aromatic carbocycles. The highest BCUT2D eigenvalue weighted by molar-refractivity contribution is 6.01. The van der Waals surface area contributed by atoms with Crippen LogP contribution in [0.1, 0.15) is 36.0 Å². The lowest BCUT2D eigenvalue weighted by atomic mass is 9.86. The van der Waals surface area contributed by atoms with Gasteiger partial charge in [-0.05, 0) is 37.8 Å². The van der Waals surface area contributed by atoms with Gasteiger partial charge in [-0.3, -0.25) is 4.79 Å². The van der Waals surface area contributed by atoms with E-state index in [1.165, 1.54) is 7.11 Å². The van der Waals surface area contributed by atoms with Crippen LogP contribution in [0.25, 0.3) is 0 Å². The monoisotopic (exact) mass is 276 g/mol. The van der Waals surface area contributed by atoms with E-state index in [1.54, 1.807) is 24.3 Å². The maximum absolute atomic E-state index is 12.2. The molecule has 3 N–H and O–H groups in total. The predicted octanol–water partition coefficient (Wildman–Crippen LogP) is 1.93. The second kappa shape index (κ2) is 6.52. The Morgan fingerprint density at radius 2 is 1.85 bits per heavy atom. The molecule has 1 aromatic rings. The Morgan fingerprint density at radius 3 is 2.50 bits per heavy atom. The van der Waals surface area contributed by atoms with Gasteiger partial charge >= 0.3 is 5.97 Å². The minimum atomic E-state index is -0.452. The molecule has 0 atom stereocenters. The molecule has 1 aliphatic carbocycles. The molecular weight excluding hydrogens is 256 g/mol. The zero-order valence-corrected chi connectivity index (χ0v) is 11.6. The van der Waals surface area contributed by atoms with E-state index in [-0.39, 0.29) is 17.9 Å². The summed E-state index contributed by atoms with van der Waals surface area (Å²) >= 11 is 0. The van der Waals surface area contributed by atoms with E-state index in [9.17, 15) is 9.59 Å². The second-order valence-corrected chi connectivity index (χ2v) is 5.14. The van der Waals surface area contributed by atoms with Gasteiger partial charge in [0.25, 0.3) is 0 Å². The number of para-hydroxylation sites is 1. The molecule has 0 aliphatic heterocycles. The Kier molecular flexibility index (Phi) is 4.74. The minimum absolute atomic E-state index is 0.0273. The summed E-state index contributed by atoms with van der Waals surface area (Å²) in [6.07, 6.45) is 3.34. The zero-order chi connectivity index (χ0) is 14.5. The summed E-state index contributed by atoms with van der Waals surface area (Å²) in [6.45, 7) is 0. The molecule has 0 heterocycles. The molecule has 0 unspecified atom stereocenters. The fraction of sp³-hybridized carbons (Fsp3) is 0.467. The van der Waals surface area contributed by atoms with Gasteiger partial charge in [-0.2, -0.15) is 0 Å². The average molecular weight is 276 g/mol. The summed E-state index contributed by atoms with van der Waals surface area (Å²) < 4.78 is 4.71. The zero-order valence-electron chi connectivity index (χ0n) is 11.6. The van der Waals surface area contributed by atoms with E-state index in [0.717, 1.165) is 25.7 Å². The van der Waals surface area contributed by atoms with Crippen molar-refractivity contribution in [2.24, 2.45) is 11.7 Å². The van der Waals surface area contributed by atoms with Crippen LogP contribution in [-0.4, -0.2) is 25.0 Å². The van der Waals surface area contributed by atoms with Crippen LogP contribution in [0.4, 0.5) is 5.69 Å². The van der Waals surface area contributed by atoms with Crippen molar-refractivity contribution in [3.63, 3.8) is 0 Å². The Hall–Kier alpha value is -1.88. The van der Waals surface area contributed by atoms with Crippen LogP contribution in [0, 0.1) is 5.92 Å². The molecule has 1 aliphatic rings. The van der Waals surface area contributed by atoms with Gasteiger partial charge in [0.05, 0.1) is 18.4 Å². The number of anilines is 1. The average Bonchev–Trinajstić information content (AvgIpc) is 2.47. The van der Waals surface area contributed by atoms with Crippen molar-refractivity contribution in [1.82, 2.24) is 0 Å². The smallest absolute Gasteiger partial charge is 0.339 e. The van der Waals surface area contributed by atoms with Gasteiger partial charge in [-0.25, -0.2) is 4.79 Å². The molecule has 0 aromatic heterocycles. The summed E-state index contributed by atoms with van der Waals surface area (Å²) in [5.41, 5.74) is 6.71. The normalized spacial score (nSPS) is 22.1. The number of carbonyl (C=O) groups excluding carboxylic acids is 2. The van der Waals surface area contributed by atoms with Gasteiger partial charge in [0.15, 0.2) is 0 Å². The number of hydrogen-bond donors (Lipinski definition) is 2. The predicted molar refractivity (Wildman–Crippen MR) is 76.3 cm³/mol. The topological polar surface area (TPSA) is 81.4 Å². The number of nitrogens with one attached hydrogen (secondary N) is 1. The van der Waals surface area contributed by atoms with Crippen molar-refractivity contribution < 1.29 is 14.3 Å². The number of benzene rings is 1. The van der Waals surface area contributed by atoms with Gasteiger partial charge < -0.3 is 15.8 Å². The van der Waals surface area contributed by atoms with Crippen molar-refractivity contribution in [1.29, 1.82) is 0 Å². The summed E-state index contributed by atoms with van der Waals surface area (Å²) in [5.74, 6) is -0.527. The van der Waals surface area contributed by atoms with Crippen molar-refractivity contribution in [2.45, 2.75) is 31.7 Å². The molecule has 5 nitrogen and oxygen atoms in total. The number of nitrogens with two attached hydrogens (primary N) is 1. The molecule has 20 heavy (non-hydrogen) atoms. The maximum Gasteiger partial charge on any atom is 0.339 e. The van der Waals surface area contributed by atoms with E-state index >= 15 is 0 Å². The first-order chi connectivity index (χ1) is 9.61. The van der Waals surface area contributed by atoms with Gasteiger partial charge in [-0.15, -0.1) is 0 Å². The van der Waals surface area contributed by atoms with Crippen LogP contribution in [0.3, 0.4) is 0 Å². The number of rotatable bonds is 3. The molecule has 1 fully saturated rings. The van der Waals surface area contributed by atoms with Crippen molar-refractivity contribution in [3.8, 4) is 0 Å². The van der Waals surface area contributed by atoms with Crippen LogP contribution in [0.5, 0.6) is 0 Å². The van der Waals surface area contributed by atoms with Gasteiger partial charge in [-0.1, -0.05) is 12.1 Å². The van der Waals surface area contributed by atoms with E-state index in [2.05, 4.69) is 5.32 Å². The fourth-order valence-electron chi connectivity index (χ4n) is 2.50. The third-order valence-corrected chi connectivity index (χ3v) is 3.73. The number of esters is 1. The first-order valence-electron chi connectivity index (χ1n) is 6.85. The Balaban J connectivity index is 2.06. The molecule has 0 saturated heterocycles. The standard InChI is InChI=1S/C15H20N2O3/c1-20-15(19)12-4-2-3-5-13(12)17-14(18)10-6-8-11(16)9-7-10/h2-5,10-11H,6-9,16H2,1H3,(H,17,18). The summed E-state index contributed by atoms with van der Waals surface area (Å²) in [6, 6.07) is 7.07. The lowest BCUT2D eigenvalue weighted by molar-refractivity contribution is -0.120. The largest absolute Gasteiger partial charge is 0.465 e. The van der Waals surface area contributed by atoms with E-state index in [0.29, 0.717) is 11.3 Å². The van der Waals surface area contributed by atoms with E-state index < -0.39 is 5.97 Å². The van der Waals surface area contributed by atoms with Crippen molar-refractivity contribution in [3.05, 3.63) is 29.8 Å². The van der Waals surface area contributed by atoms with Crippen molar-refractivity contribution in [2.75, 3.05) is 12.4 Å². The van der Waals surface area contributed by atoms with Crippen LogP contribution < -0.4 is 11.1 Å². The highest BCUT2D eigenvalue weighted by atomic mass is 16.5. The van der Waals surface area contributed by atoms with Crippen molar-refractivity contribution >= 4 is 17.6 Å². The fourth-order valence-corrected chi connectivity index (χ4v) is 2.50. The number of carbonyl (C=O) groups is 2. The number of hydrogen-bond acceptors (Lipinski definition) is 4. The molecule has 1 saturated carbocycles. The van der Waals surface area contributed by atoms with Crippen LogP contribution in [-0.2, 0) is 9.53 Å². The number of amides is 1. The van der Waals surface area contributed by atoms with Crippen LogP contribution in [0.2, 0.25) is 0 Å². The molecule has 0 radical (unpaired) electrons. The summed E-state index contributed by atoms with van der Waals surface area (Å²) in [7, 11) is 1.32. The SMILES string of the molecule is COC(=O)c1ccccc1NC(=O)C1CCC(N)CC1. The third kappa shape index (κ3) is 3.36. The Bertz CT molecular complexity index is 494. The highest BCUT2D eigenvalue weighted by Crippen LogP contribution is 2.25. The molecule has 1 amide bonds.